The Hall–Kier alpha value is -1.82. The summed E-state index contributed by atoms with van der Waals surface area (Å²) in [6, 6.07) is 2.55. The SMILES string of the molecule is CCOc1ccc(Cl)c(C(=O)N[C@@H](C)CC(=O)O)n1. The highest BCUT2D eigenvalue weighted by Gasteiger charge is 2.17. The topological polar surface area (TPSA) is 88.5 Å². The third-order valence-corrected chi connectivity index (χ3v) is 2.49. The van der Waals surface area contributed by atoms with Gasteiger partial charge in [0.15, 0.2) is 5.69 Å². The quantitative estimate of drug-likeness (QED) is 0.831. The molecule has 0 radical (unpaired) electrons. The maximum absolute atomic E-state index is 11.9. The van der Waals surface area contributed by atoms with E-state index in [1.165, 1.54) is 6.07 Å². The molecule has 0 saturated carbocycles. The van der Waals surface area contributed by atoms with Gasteiger partial charge in [-0.2, -0.15) is 0 Å². The number of carboxylic acid groups (broad SMARTS) is 1. The molecule has 0 spiro atoms. The van der Waals surface area contributed by atoms with Crippen LogP contribution in [0.3, 0.4) is 0 Å². The number of amides is 1. The molecule has 0 aliphatic rings. The predicted octanol–water partition coefficient (Wildman–Crippen LogP) is 1.73. The van der Waals surface area contributed by atoms with Gasteiger partial charge in [0.25, 0.3) is 5.91 Å². The van der Waals surface area contributed by atoms with Gasteiger partial charge in [-0.1, -0.05) is 11.6 Å². The first-order valence-electron chi connectivity index (χ1n) is 5.76. The van der Waals surface area contributed by atoms with Crippen molar-refractivity contribution < 1.29 is 19.4 Å². The Morgan fingerprint density at radius 2 is 2.21 bits per heavy atom. The summed E-state index contributed by atoms with van der Waals surface area (Å²) in [6.45, 7) is 3.81. The summed E-state index contributed by atoms with van der Waals surface area (Å²) in [5.41, 5.74) is 0.0184. The maximum atomic E-state index is 11.9. The highest BCUT2D eigenvalue weighted by molar-refractivity contribution is 6.33. The van der Waals surface area contributed by atoms with Crippen LogP contribution in [0, 0.1) is 0 Å². The molecule has 1 aromatic rings. The number of carboxylic acids is 1. The van der Waals surface area contributed by atoms with E-state index in [4.69, 9.17) is 21.4 Å². The average Bonchev–Trinajstić information content (AvgIpc) is 2.30. The first-order chi connectivity index (χ1) is 8.93. The summed E-state index contributed by atoms with van der Waals surface area (Å²) in [5.74, 6) is -1.22. The van der Waals surface area contributed by atoms with Gasteiger partial charge in [0, 0.05) is 12.1 Å². The Labute approximate surface area is 115 Å². The van der Waals surface area contributed by atoms with Gasteiger partial charge in [0.1, 0.15) is 0 Å². The van der Waals surface area contributed by atoms with Crippen LogP contribution < -0.4 is 10.1 Å². The van der Waals surface area contributed by atoms with Crippen molar-refractivity contribution in [1.82, 2.24) is 10.3 Å². The van der Waals surface area contributed by atoms with Crippen LogP contribution >= 0.6 is 11.6 Å². The third kappa shape index (κ3) is 4.75. The molecule has 1 rings (SSSR count). The van der Waals surface area contributed by atoms with Crippen LogP contribution in [0.25, 0.3) is 0 Å². The third-order valence-electron chi connectivity index (χ3n) is 2.19. The second kappa shape index (κ2) is 6.94. The molecule has 104 valence electrons. The molecule has 0 aliphatic heterocycles. The largest absolute Gasteiger partial charge is 0.481 e. The maximum Gasteiger partial charge on any atom is 0.305 e. The molecule has 0 unspecified atom stereocenters. The van der Waals surface area contributed by atoms with Crippen molar-refractivity contribution in [2.45, 2.75) is 26.3 Å². The van der Waals surface area contributed by atoms with Crippen LogP contribution in [0.15, 0.2) is 12.1 Å². The summed E-state index contributed by atoms with van der Waals surface area (Å²) >= 11 is 5.89. The number of carbonyl (C=O) groups is 2. The Morgan fingerprint density at radius 1 is 1.53 bits per heavy atom. The number of aromatic nitrogens is 1. The lowest BCUT2D eigenvalue weighted by Gasteiger charge is -2.12. The molecular weight excluding hydrogens is 272 g/mol. The van der Waals surface area contributed by atoms with E-state index in [9.17, 15) is 9.59 Å². The van der Waals surface area contributed by atoms with Crippen LogP contribution in [0.5, 0.6) is 5.88 Å². The molecule has 0 aliphatic carbocycles. The minimum absolute atomic E-state index is 0.0184. The van der Waals surface area contributed by atoms with Gasteiger partial charge < -0.3 is 15.2 Å². The molecule has 1 heterocycles. The lowest BCUT2D eigenvalue weighted by Crippen LogP contribution is -2.34. The highest BCUT2D eigenvalue weighted by Crippen LogP contribution is 2.18. The van der Waals surface area contributed by atoms with E-state index in [1.54, 1.807) is 19.9 Å². The average molecular weight is 287 g/mol. The van der Waals surface area contributed by atoms with Crippen LogP contribution in [0.1, 0.15) is 30.8 Å². The molecular formula is C12H15ClN2O4. The molecule has 1 atom stereocenters. The number of aliphatic carboxylic acids is 1. The summed E-state index contributed by atoms with van der Waals surface area (Å²) < 4.78 is 5.18. The zero-order valence-corrected chi connectivity index (χ0v) is 11.4. The number of hydrogen-bond donors (Lipinski definition) is 2. The Kier molecular flexibility index (Phi) is 5.57. The van der Waals surface area contributed by atoms with E-state index in [0.717, 1.165) is 0 Å². The number of carbonyl (C=O) groups excluding carboxylic acids is 1. The summed E-state index contributed by atoms with van der Waals surface area (Å²) in [4.78, 5) is 26.4. The number of rotatable bonds is 6. The molecule has 0 aromatic carbocycles. The van der Waals surface area contributed by atoms with Crippen molar-refractivity contribution >= 4 is 23.5 Å². The Morgan fingerprint density at radius 3 is 2.79 bits per heavy atom. The number of pyridine rings is 1. The molecule has 7 heteroatoms. The van der Waals surface area contributed by atoms with Crippen molar-refractivity contribution in [2.75, 3.05) is 6.61 Å². The summed E-state index contributed by atoms with van der Waals surface area (Å²) in [7, 11) is 0. The summed E-state index contributed by atoms with van der Waals surface area (Å²) in [5, 5.41) is 11.3. The molecule has 2 N–H and O–H groups in total. The van der Waals surface area contributed by atoms with E-state index in [1.807, 2.05) is 0 Å². The van der Waals surface area contributed by atoms with Gasteiger partial charge in [-0.15, -0.1) is 0 Å². The smallest absolute Gasteiger partial charge is 0.305 e. The van der Waals surface area contributed by atoms with Crippen LogP contribution in [0.2, 0.25) is 5.02 Å². The van der Waals surface area contributed by atoms with Gasteiger partial charge in [-0.05, 0) is 19.9 Å². The number of ether oxygens (including phenoxy) is 1. The lowest BCUT2D eigenvalue weighted by atomic mass is 10.2. The van der Waals surface area contributed by atoms with Gasteiger partial charge in [-0.3, -0.25) is 9.59 Å². The zero-order valence-electron chi connectivity index (χ0n) is 10.6. The Bertz CT molecular complexity index is 479. The van der Waals surface area contributed by atoms with E-state index in [-0.39, 0.29) is 17.1 Å². The van der Waals surface area contributed by atoms with Crippen LogP contribution in [-0.2, 0) is 4.79 Å². The first kappa shape index (κ1) is 15.2. The minimum Gasteiger partial charge on any atom is -0.481 e. The van der Waals surface area contributed by atoms with Crippen molar-refractivity contribution in [2.24, 2.45) is 0 Å². The molecule has 1 amide bonds. The van der Waals surface area contributed by atoms with Crippen LogP contribution in [-0.4, -0.2) is 34.6 Å². The fraction of sp³-hybridized carbons (Fsp3) is 0.417. The zero-order chi connectivity index (χ0) is 14.4. The van der Waals surface area contributed by atoms with E-state index >= 15 is 0 Å². The van der Waals surface area contributed by atoms with E-state index in [0.29, 0.717) is 12.5 Å². The number of nitrogens with one attached hydrogen (secondary N) is 1. The Balaban J connectivity index is 2.80. The molecule has 0 bridgehead atoms. The van der Waals surface area contributed by atoms with Crippen molar-refractivity contribution in [3.63, 3.8) is 0 Å². The van der Waals surface area contributed by atoms with Gasteiger partial charge in [-0.25, -0.2) is 4.98 Å². The van der Waals surface area contributed by atoms with E-state index < -0.39 is 17.9 Å². The second-order valence-electron chi connectivity index (χ2n) is 3.89. The van der Waals surface area contributed by atoms with Gasteiger partial charge in [0.2, 0.25) is 5.88 Å². The number of halogens is 1. The molecule has 19 heavy (non-hydrogen) atoms. The van der Waals surface area contributed by atoms with Crippen molar-refractivity contribution in [3.05, 3.63) is 22.8 Å². The van der Waals surface area contributed by atoms with Crippen molar-refractivity contribution in [1.29, 1.82) is 0 Å². The van der Waals surface area contributed by atoms with Gasteiger partial charge >= 0.3 is 5.97 Å². The van der Waals surface area contributed by atoms with E-state index in [2.05, 4.69) is 10.3 Å². The van der Waals surface area contributed by atoms with Crippen LogP contribution in [0.4, 0.5) is 0 Å². The fourth-order valence-corrected chi connectivity index (χ4v) is 1.61. The standard InChI is InChI=1S/C12H15ClN2O4/c1-3-19-9-5-4-8(13)11(15-9)12(18)14-7(2)6-10(16)17/h4-5,7H,3,6H2,1-2H3,(H,14,18)(H,16,17)/t7-/m0/s1. The first-order valence-corrected chi connectivity index (χ1v) is 6.13. The van der Waals surface area contributed by atoms with Crippen molar-refractivity contribution in [3.8, 4) is 5.88 Å². The predicted molar refractivity (Wildman–Crippen MR) is 69.6 cm³/mol. The molecule has 0 saturated heterocycles. The summed E-state index contributed by atoms with van der Waals surface area (Å²) in [6.07, 6.45) is -0.172. The monoisotopic (exact) mass is 286 g/mol. The lowest BCUT2D eigenvalue weighted by molar-refractivity contribution is -0.137. The number of nitrogens with zero attached hydrogens (tertiary/aromatic N) is 1. The normalized spacial score (nSPS) is 11.7. The molecule has 0 fully saturated rings. The minimum atomic E-state index is -0.991. The van der Waals surface area contributed by atoms with Gasteiger partial charge in [0.05, 0.1) is 18.1 Å². The highest BCUT2D eigenvalue weighted by atomic mass is 35.5. The molecule has 6 nitrogen and oxygen atoms in total. The fourth-order valence-electron chi connectivity index (χ4n) is 1.42. The molecule has 1 aromatic heterocycles. The number of hydrogen-bond acceptors (Lipinski definition) is 4. The second-order valence-corrected chi connectivity index (χ2v) is 4.29.